The van der Waals surface area contributed by atoms with E-state index in [9.17, 15) is 4.79 Å². The molecule has 0 aliphatic rings. The minimum atomic E-state index is -0.443. The van der Waals surface area contributed by atoms with Gasteiger partial charge < -0.3 is 4.74 Å². The average Bonchev–Trinajstić information content (AvgIpc) is 2.46. The first-order valence-electron chi connectivity index (χ1n) is 6.53. The Labute approximate surface area is 127 Å². The van der Waals surface area contributed by atoms with Crippen molar-refractivity contribution in [2.75, 3.05) is 0 Å². The molecule has 3 heteroatoms. The predicted octanol–water partition coefficient (Wildman–Crippen LogP) is 4.55. The van der Waals surface area contributed by atoms with E-state index in [1.54, 1.807) is 6.92 Å². The van der Waals surface area contributed by atoms with Crippen LogP contribution in [-0.2, 0) is 11.3 Å². The zero-order valence-electron chi connectivity index (χ0n) is 11.6. The molecule has 104 valence electrons. The summed E-state index contributed by atoms with van der Waals surface area (Å²) in [6.45, 7) is 4.23. The van der Waals surface area contributed by atoms with Gasteiger partial charge >= 0.3 is 0 Å². The van der Waals surface area contributed by atoms with Crippen molar-refractivity contribution < 1.29 is 9.53 Å². The van der Waals surface area contributed by atoms with Crippen LogP contribution >= 0.6 is 15.9 Å². The smallest absolute Gasteiger partial charge is 0.191 e. The second kappa shape index (κ2) is 6.82. The number of ether oxygens (including phenoxy) is 1. The molecule has 1 atom stereocenters. The Balaban J connectivity index is 1.94. The topological polar surface area (TPSA) is 26.3 Å². The van der Waals surface area contributed by atoms with Gasteiger partial charge in [-0.15, -0.1) is 0 Å². The molecular weight excluding hydrogens is 316 g/mol. The predicted molar refractivity (Wildman–Crippen MR) is 83.9 cm³/mol. The van der Waals surface area contributed by atoms with Crippen molar-refractivity contribution in [1.82, 2.24) is 0 Å². The molecule has 0 heterocycles. The summed E-state index contributed by atoms with van der Waals surface area (Å²) < 4.78 is 6.68. The summed E-state index contributed by atoms with van der Waals surface area (Å²) >= 11 is 3.39. The van der Waals surface area contributed by atoms with Crippen molar-refractivity contribution in [2.24, 2.45) is 0 Å². The molecule has 0 aliphatic heterocycles. The molecule has 0 aliphatic carbocycles. The first kappa shape index (κ1) is 14.9. The Morgan fingerprint density at radius 2 is 1.70 bits per heavy atom. The van der Waals surface area contributed by atoms with Gasteiger partial charge in [-0.05, 0) is 31.5 Å². The molecule has 0 aromatic heterocycles. The van der Waals surface area contributed by atoms with E-state index in [4.69, 9.17) is 4.74 Å². The Kier molecular flexibility index (Phi) is 5.10. The number of benzene rings is 2. The van der Waals surface area contributed by atoms with Crippen LogP contribution < -0.4 is 0 Å². The molecule has 2 aromatic rings. The molecular formula is C17H17BrO2. The van der Waals surface area contributed by atoms with Crippen molar-refractivity contribution >= 4 is 21.7 Å². The lowest BCUT2D eigenvalue weighted by Crippen LogP contribution is -2.20. The maximum Gasteiger partial charge on any atom is 0.191 e. The van der Waals surface area contributed by atoms with Crippen LogP contribution in [0.15, 0.2) is 53.0 Å². The van der Waals surface area contributed by atoms with Gasteiger partial charge in [0.25, 0.3) is 0 Å². The molecule has 0 N–H and O–H groups in total. The molecule has 2 aromatic carbocycles. The maximum absolute atomic E-state index is 12.2. The Bertz CT molecular complexity index is 573. The van der Waals surface area contributed by atoms with Gasteiger partial charge in [0.05, 0.1) is 6.61 Å². The molecule has 0 bridgehead atoms. The number of hydrogen-bond donors (Lipinski definition) is 0. The Morgan fingerprint density at radius 1 is 1.10 bits per heavy atom. The fraction of sp³-hybridized carbons (Fsp3) is 0.235. The second-order valence-corrected chi connectivity index (χ2v) is 5.73. The number of aryl methyl sites for hydroxylation is 1. The zero-order valence-corrected chi connectivity index (χ0v) is 13.2. The molecule has 2 rings (SSSR count). The van der Waals surface area contributed by atoms with Crippen LogP contribution in [0.4, 0.5) is 0 Å². The standard InChI is InChI=1S/C17H17BrO2/c1-12-3-7-15(8-4-12)17(19)13(2)20-11-14-5-9-16(18)10-6-14/h3-10,13H,11H2,1-2H3. The number of Topliss-reactive ketones (excluding diaryl/α,β-unsaturated/α-hetero) is 1. The highest BCUT2D eigenvalue weighted by molar-refractivity contribution is 9.10. The molecule has 1 unspecified atom stereocenters. The molecule has 0 radical (unpaired) electrons. The highest BCUT2D eigenvalue weighted by atomic mass is 79.9. The van der Waals surface area contributed by atoms with Crippen LogP contribution in [0.25, 0.3) is 0 Å². The lowest BCUT2D eigenvalue weighted by Gasteiger charge is -2.12. The van der Waals surface area contributed by atoms with E-state index in [1.165, 1.54) is 0 Å². The van der Waals surface area contributed by atoms with Gasteiger partial charge in [-0.3, -0.25) is 4.79 Å². The van der Waals surface area contributed by atoms with E-state index in [1.807, 2.05) is 55.5 Å². The van der Waals surface area contributed by atoms with Crippen LogP contribution in [0.1, 0.15) is 28.4 Å². The van der Waals surface area contributed by atoms with E-state index in [-0.39, 0.29) is 5.78 Å². The Hall–Kier alpha value is -1.45. The largest absolute Gasteiger partial charge is 0.366 e. The number of halogens is 1. The summed E-state index contributed by atoms with van der Waals surface area (Å²) in [5, 5.41) is 0. The molecule has 0 fully saturated rings. The number of carbonyl (C=O) groups is 1. The summed E-state index contributed by atoms with van der Waals surface area (Å²) in [5.74, 6) is 0.0158. The van der Waals surface area contributed by atoms with E-state index >= 15 is 0 Å². The van der Waals surface area contributed by atoms with E-state index < -0.39 is 6.10 Å². The third kappa shape index (κ3) is 4.02. The third-order valence-electron chi connectivity index (χ3n) is 3.12. The van der Waals surface area contributed by atoms with Crippen LogP contribution in [0.5, 0.6) is 0 Å². The highest BCUT2D eigenvalue weighted by Crippen LogP contribution is 2.13. The lowest BCUT2D eigenvalue weighted by atomic mass is 10.1. The van der Waals surface area contributed by atoms with Crippen LogP contribution in [0, 0.1) is 6.92 Å². The molecule has 0 saturated heterocycles. The van der Waals surface area contributed by atoms with Gasteiger partial charge in [-0.25, -0.2) is 0 Å². The first-order chi connectivity index (χ1) is 9.56. The summed E-state index contributed by atoms with van der Waals surface area (Å²) in [4.78, 5) is 12.2. The van der Waals surface area contributed by atoms with Crippen LogP contribution in [-0.4, -0.2) is 11.9 Å². The molecule has 0 saturated carbocycles. The monoisotopic (exact) mass is 332 g/mol. The summed E-state index contributed by atoms with van der Waals surface area (Å²) in [7, 11) is 0. The van der Waals surface area contributed by atoms with Gasteiger partial charge in [-0.2, -0.15) is 0 Å². The van der Waals surface area contributed by atoms with E-state index in [0.717, 1.165) is 15.6 Å². The van der Waals surface area contributed by atoms with E-state index in [2.05, 4.69) is 15.9 Å². The van der Waals surface area contributed by atoms with Gasteiger partial charge in [0.15, 0.2) is 5.78 Å². The van der Waals surface area contributed by atoms with Gasteiger partial charge in [0.1, 0.15) is 6.10 Å². The fourth-order valence-corrected chi connectivity index (χ4v) is 2.09. The minimum Gasteiger partial charge on any atom is -0.366 e. The van der Waals surface area contributed by atoms with E-state index in [0.29, 0.717) is 12.2 Å². The molecule has 0 spiro atoms. The first-order valence-corrected chi connectivity index (χ1v) is 7.32. The van der Waals surface area contributed by atoms with Crippen molar-refractivity contribution in [1.29, 1.82) is 0 Å². The molecule has 20 heavy (non-hydrogen) atoms. The number of hydrogen-bond acceptors (Lipinski definition) is 2. The lowest BCUT2D eigenvalue weighted by molar-refractivity contribution is 0.0412. The van der Waals surface area contributed by atoms with Crippen LogP contribution in [0.3, 0.4) is 0 Å². The van der Waals surface area contributed by atoms with Crippen LogP contribution in [0.2, 0.25) is 0 Å². The van der Waals surface area contributed by atoms with Crippen molar-refractivity contribution in [3.8, 4) is 0 Å². The normalized spacial score (nSPS) is 12.2. The minimum absolute atomic E-state index is 0.0158. The van der Waals surface area contributed by atoms with Gasteiger partial charge in [0.2, 0.25) is 0 Å². The number of carbonyl (C=O) groups excluding carboxylic acids is 1. The summed E-state index contributed by atoms with van der Waals surface area (Å²) in [6, 6.07) is 15.5. The second-order valence-electron chi connectivity index (χ2n) is 4.81. The highest BCUT2D eigenvalue weighted by Gasteiger charge is 2.15. The number of ketones is 1. The summed E-state index contributed by atoms with van der Waals surface area (Å²) in [6.07, 6.45) is -0.443. The van der Waals surface area contributed by atoms with Crippen molar-refractivity contribution in [2.45, 2.75) is 26.6 Å². The van der Waals surface area contributed by atoms with Gasteiger partial charge in [-0.1, -0.05) is 57.9 Å². The summed E-state index contributed by atoms with van der Waals surface area (Å²) in [5.41, 5.74) is 2.89. The van der Waals surface area contributed by atoms with Gasteiger partial charge in [0, 0.05) is 10.0 Å². The quantitative estimate of drug-likeness (QED) is 0.751. The van der Waals surface area contributed by atoms with Crippen molar-refractivity contribution in [3.05, 3.63) is 69.7 Å². The molecule has 2 nitrogen and oxygen atoms in total. The third-order valence-corrected chi connectivity index (χ3v) is 3.65. The number of rotatable bonds is 5. The SMILES string of the molecule is Cc1ccc(C(=O)C(C)OCc2ccc(Br)cc2)cc1. The zero-order chi connectivity index (χ0) is 14.5. The maximum atomic E-state index is 12.2. The fourth-order valence-electron chi connectivity index (χ4n) is 1.83. The average molecular weight is 333 g/mol. The Morgan fingerprint density at radius 3 is 2.30 bits per heavy atom. The molecule has 0 amide bonds. The van der Waals surface area contributed by atoms with Crippen molar-refractivity contribution in [3.63, 3.8) is 0 Å².